The Kier molecular flexibility index (Phi) is 54.7. The number of rotatable bonds is 4. The molecule has 1 fully saturated rings. The lowest BCUT2D eigenvalue weighted by atomic mass is 10.1. The van der Waals surface area contributed by atoms with E-state index in [4.69, 9.17) is 9.90 Å². The normalized spacial score (nSPS) is 15.1. The van der Waals surface area contributed by atoms with Gasteiger partial charge in [-0.1, -0.05) is 47.3 Å². The zero-order chi connectivity index (χ0) is 17.5. The maximum absolute atomic E-state index is 9.40. The first kappa shape index (κ1) is 32.7. The summed E-state index contributed by atoms with van der Waals surface area (Å²) in [6.07, 6.45) is 7.41. The third-order valence-corrected chi connectivity index (χ3v) is 2.16. The molecule has 0 aliphatic carbocycles. The quantitative estimate of drug-likeness (QED) is 0.521. The van der Waals surface area contributed by atoms with Gasteiger partial charge in [0.25, 0.3) is 6.47 Å². The van der Waals surface area contributed by atoms with Crippen LogP contribution in [0.4, 0.5) is 0 Å². The Labute approximate surface area is 139 Å². The fourth-order valence-electron chi connectivity index (χ4n) is 1.57. The molecule has 1 rings (SSSR count). The van der Waals surface area contributed by atoms with Gasteiger partial charge in [0.2, 0.25) is 0 Å². The van der Waals surface area contributed by atoms with E-state index in [1.807, 2.05) is 34.6 Å². The number of hydrogen-bond acceptors (Lipinski definition) is 3. The summed E-state index contributed by atoms with van der Waals surface area (Å²) in [6, 6.07) is 0.546. The van der Waals surface area contributed by atoms with Crippen LogP contribution >= 0.6 is 0 Å². The Morgan fingerprint density at radius 1 is 1.27 bits per heavy atom. The molecule has 2 atom stereocenters. The summed E-state index contributed by atoms with van der Waals surface area (Å²) in [4.78, 5) is 8.36. The van der Waals surface area contributed by atoms with Crippen molar-refractivity contribution < 1.29 is 15.0 Å². The lowest BCUT2D eigenvalue weighted by molar-refractivity contribution is -0.122. The molecule has 0 amide bonds. The van der Waals surface area contributed by atoms with Gasteiger partial charge in [-0.15, -0.1) is 13.2 Å². The largest absolute Gasteiger partial charge is 0.483 e. The van der Waals surface area contributed by atoms with Crippen LogP contribution in [0.15, 0.2) is 25.3 Å². The minimum atomic E-state index is -0.250. The zero-order valence-corrected chi connectivity index (χ0v) is 14.6. The van der Waals surface area contributed by atoms with Crippen LogP contribution in [0.3, 0.4) is 0 Å². The number of carbonyl (C=O) groups is 1. The molecule has 0 aromatic rings. The van der Waals surface area contributed by atoms with Gasteiger partial charge in [0, 0.05) is 6.04 Å². The van der Waals surface area contributed by atoms with E-state index in [-0.39, 0.29) is 20.0 Å². The molecule has 1 saturated heterocycles. The van der Waals surface area contributed by atoms with Gasteiger partial charge in [-0.25, -0.2) is 0 Å². The standard InChI is InChI=1S/C9H17NO.C3H6.2C2H6.CH2O2.CH4/c1-2-4-9(11)7-8-5-3-6-10-8;1-3-2;2*1-2;2-1-3;/h2,8-11H,1,3-7H2;3H,1H2,2H3;2*1-2H3;1H,(H,2,3);1H4. The van der Waals surface area contributed by atoms with E-state index in [0.717, 1.165) is 19.4 Å². The Morgan fingerprint density at radius 2 is 1.68 bits per heavy atom. The van der Waals surface area contributed by atoms with Crippen LogP contribution in [-0.2, 0) is 4.79 Å². The highest BCUT2D eigenvalue weighted by Crippen LogP contribution is 2.12. The molecule has 0 aromatic carbocycles. The van der Waals surface area contributed by atoms with Crippen LogP contribution < -0.4 is 5.32 Å². The molecule has 2 unspecified atom stereocenters. The van der Waals surface area contributed by atoms with E-state index in [0.29, 0.717) is 6.04 Å². The minimum Gasteiger partial charge on any atom is -0.483 e. The summed E-state index contributed by atoms with van der Waals surface area (Å²) in [5.41, 5.74) is 0. The van der Waals surface area contributed by atoms with E-state index in [1.165, 1.54) is 12.8 Å². The average molecular weight is 320 g/mol. The van der Waals surface area contributed by atoms with Crippen molar-refractivity contribution in [2.75, 3.05) is 6.54 Å². The van der Waals surface area contributed by atoms with Gasteiger partial charge in [0.1, 0.15) is 0 Å². The molecule has 136 valence electrons. The maximum atomic E-state index is 9.40. The summed E-state index contributed by atoms with van der Waals surface area (Å²) in [7, 11) is 0. The Bertz CT molecular complexity index is 185. The van der Waals surface area contributed by atoms with Gasteiger partial charge in [0.15, 0.2) is 0 Å². The first-order valence-corrected chi connectivity index (χ1v) is 7.83. The smallest absolute Gasteiger partial charge is 0.290 e. The van der Waals surface area contributed by atoms with Crippen LogP contribution in [0.2, 0.25) is 0 Å². The third-order valence-electron chi connectivity index (χ3n) is 2.16. The molecule has 0 spiro atoms. The molecule has 4 nitrogen and oxygen atoms in total. The molecule has 3 N–H and O–H groups in total. The molecule has 1 heterocycles. The van der Waals surface area contributed by atoms with Crippen molar-refractivity contribution in [1.82, 2.24) is 5.32 Å². The molecule has 0 radical (unpaired) electrons. The predicted octanol–water partition coefficient (Wildman–Crippen LogP) is 4.65. The van der Waals surface area contributed by atoms with Gasteiger partial charge in [0.05, 0.1) is 6.10 Å². The van der Waals surface area contributed by atoms with Gasteiger partial charge in [-0.05, 0) is 39.2 Å². The van der Waals surface area contributed by atoms with Crippen LogP contribution in [0.25, 0.3) is 0 Å². The second-order valence-electron chi connectivity index (χ2n) is 3.72. The number of aliphatic hydroxyl groups excluding tert-OH is 1. The molecule has 0 aromatic heterocycles. The molecular weight excluding hydrogens is 278 g/mol. The fraction of sp³-hybridized carbons (Fsp3) is 0.722. The van der Waals surface area contributed by atoms with Crippen molar-refractivity contribution in [2.24, 2.45) is 0 Å². The monoisotopic (exact) mass is 319 g/mol. The SMILES string of the molecule is C.C=CC.C=CCC(O)CC1CCCN1.CC.CC.O=CO. The summed E-state index contributed by atoms with van der Waals surface area (Å²) in [5.74, 6) is 0. The summed E-state index contributed by atoms with van der Waals surface area (Å²) >= 11 is 0. The fourth-order valence-corrected chi connectivity index (χ4v) is 1.57. The van der Waals surface area contributed by atoms with Crippen LogP contribution in [0.1, 0.15) is 67.7 Å². The van der Waals surface area contributed by atoms with Crippen molar-refractivity contribution in [3.05, 3.63) is 25.3 Å². The van der Waals surface area contributed by atoms with E-state index in [2.05, 4.69) is 18.5 Å². The van der Waals surface area contributed by atoms with Gasteiger partial charge in [-0.3, -0.25) is 4.79 Å². The number of aliphatic hydroxyl groups is 1. The Hall–Kier alpha value is -1.13. The first-order chi connectivity index (χ1) is 10.2. The highest BCUT2D eigenvalue weighted by Gasteiger charge is 2.16. The topological polar surface area (TPSA) is 69.6 Å². The summed E-state index contributed by atoms with van der Waals surface area (Å²) in [6.45, 7) is 17.7. The molecule has 22 heavy (non-hydrogen) atoms. The number of carboxylic acid groups (broad SMARTS) is 1. The highest BCUT2D eigenvalue weighted by atomic mass is 16.3. The predicted molar refractivity (Wildman–Crippen MR) is 100 cm³/mol. The van der Waals surface area contributed by atoms with E-state index < -0.39 is 0 Å². The van der Waals surface area contributed by atoms with Gasteiger partial charge < -0.3 is 15.5 Å². The van der Waals surface area contributed by atoms with Gasteiger partial charge >= 0.3 is 0 Å². The minimum absolute atomic E-state index is 0. The molecule has 1 aliphatic heterocycles. The van der Waals surface area contributed by atoms with E-state index in [9.17, 15) is 5.11 Å². The lowest BCUT2D eigenvalue weighted by Gasteiger charge is -2.13. The highest BCUT2D eigenvalue weighted by molar-refractivity contribution is 5.32. The molecular formula is C18H41NO3. The molecule has 0 bridgehead atoms. The van der Waals surface area contributed by atoms with Crippen molar-refractivity contribution >= 4 is 6.47 Å². The molecule has 0 saturated carbocycles. The van der Waals surface area contributed by atoms with Crippen molar-refractivity contribution in [2.45, 2.75) is 79.9 Å². The van der Waals surface area contributed by atoms with E-state index in [1.54, 1.807) is 12.2 Å². The lowest BCUT2D eigenvalue weighted by Crippen LogP contribution is -2.26. The summed E-state index contributed by atoms with van der Waals surface area (Å²) in [5, 5.41) is 19.6. The Balaban J connectivity index is -0.0000000743. The van der Waals surface area contributed by atoms with Crippen molar-refractivity contribution in [3.63, 3.8) is 0 Å². The third kappa shape index (κ3) is 36.4. The molecule has 1 aliphatic rings. The Morgan fingerprint density at radius 3 is 1.95 bits per heavy atom. The van der Waals surface area contributed by atoms with Crippen molar-refractivity contribution in [1.29, 1.82) is 0 Å². The molecule has 4 heteroatoms. The number of hydrogen-bond donors (Lipinski definition) is 3. The van der Waals surface area contributed by atoms with Crippen molar-refractivity contribution in [3.8, 4) is 0 Å². The van der Waals surface area contributed by atoms with Crippen LogP contribution in [0, 0.1) is 0 Å². The maximum Gasteiger partial charge on any atom is 0.290 e. The first-order valence-electron chi connectivity index (χ1n) is 7.83. The van der Waals surface area contributed by atoms with Crippen LogP contribution in [-0.4, -0.2) is 35.4 Å². The zero-order valence-electron chi connectivity index (χ0n) is 14.6. The average Bonchev–Trinajstić information content (AvgIpc) is 2.98. The van der Waals surface area contributed by atoms with Crippen LogP contribution in [0.5, 0.6) is 0 Å². The second kappa shape index (κ2) is 36.8. The second-order valence-corrected chi connectivity index (χ2v) is 3.72. The number of nitrogens with one attached hydrogen (secondary N) is 1. The van der Waals surface area contributed by atoms with E-state index >= 15 is 0 Å². The number of allylic oxidation sites excluding steroid dienone is 1. The summed E-state index contributed by atoms with van der Waals surface area (Å²) < 4.78 is 0. The van der Waals surface area contributed by atoms with Gasteiger partial charge in [-0.2, -0.15) is 0 Å².